The van der Waals surface area contributed by atoms with E-state index in [1.807, 2.05) is 0 Å². The van der Waals surface area contributed by atoms with Gasteiger partial charge in [-0.3, -0.25) is 0 Å². The molecule has 9 heavy (non-hydrogen) atoms. The van der Waals surface area contributed by atoms with Crippen LogP contribution in [0.15, 0.2) is 12.2 Å². The second-order valence-corrected chi connectivity index (χ2v) is 3.08. The van der Waals surface area contributed by atoms with E-state index in [9.17, 15) is 4.79 Å². The summed E-state index contributed by atoms with van der Waals surface area (Å²) in [6.07, 6.45) is 7.93. The summed E-state index contributed by atoms with van der Waals surface area (Å²) in [6.45, 7) is 0. The molecule has 1 fully saturated rings. The number of rotatable bonds is 1. The van der Waals surface area contributed by atoms with Crippen molar-refractivity contribution in [2.75, 3.05) is 0 Å². The van der Waals surface area contributed by atoms with Crippen molar-refractivity contribution < 1.29 is 4.79 Å². The first kappa shape index (κ1) is 5.21. The number of hydrogen-bond donors (Lipinski definition) is 0. The van der Waals surface area contributed by atoms with Gasteiger partial charge in [0.05, 0.1) is 0 Å². The van der Waals surface area contributed by atoms with E-state index in [4.69, 9.17) is 0 Å². The van der Waals surface area contributed by atoms with E-state index in [1.165, 1.54) is 6.42 Å². The van der Waals surface area contributed by atoms with Crippen LogP contribution in [0.2, 0.25) is 0 Å². The average Bonchev–Trinajstić information content (AvgIpc) is 2.45. The van der Waals surface area contributed by atoms with Gasteiger partial charge in [-0.15, -0.1) is 0 Å². The van der Waals surface area contributed by atoms with Gasteiger partial charge >= 0.3 is 0 Å². The number of fused-ring (bicyclic) bond motifs is 2. The van der Waals surface area contributed by atoms with Crippen molar-refractivity contribution in [1.29, 1.82) is 0 Å². The fraction of sp³-hybridized carbons (Fsp3) is 0.625. The van der Waals surface area contributed by atoms with Crippen LogP contribution in [0.1, 0.15) is 12.8 Å². The molecule has 0 spiro atoms. The molecular formula is C8H10O. The summed E-state index contributed by atoms with van der Waals surface area (Å²) >= 11 is 0. The zero-order valence-corrected chi connectivity index (χ0v) is 5.29. The maximum absolute atomic E-state index is 10.4. The molecule has 2 aliphatic rings. The van der Waals surface area contributed by atoms with E-state index < -0.39 is 0 Å². The molecule has 0 heterocycles. The molecule has 1 nitrogen and oxygen atoms in total. The van der Waals surface area contributed by atoms with Crippen molar-refractivity contribution in [1.82, 2.24) is 0 Å². The molecule has 1 unspecified atom stereocenters. The summed E-state index contributed by atoms with van der Waals surface area (Å²) in [5.41, 5.74) is 0. The van der Waals surface area contributed by atoms with Gasteiger partial charge in [-0.2, -0.15) is 0 Å². The minimum absolute atomic E-state index is 0.361. The Bertz CT molecular complexity index is 160. The van der Waals surface area contributed by atoms with Gasteiger partial charge in [0.1, 0.15) is 6.29 Å². The lowest BCUT2D eigenvalue weighted by atomic mass is 9.95. The molecule has 48 valence electrons. The smallest absolute Gasteiger partial charge is 0.123 e. The normalized spacial score (nSPS) is 46.0. The number of aldehydes is 1. The molecular weight excluding hydrogens is 112 g/mol. The largest absolute Gasteiger partial charge is 0.303 e. The first-order valence-electron chi connectivity index (χ1n) is 3.54. The highest BCUT2D eigenvalue weighted by atomic mass is 16.1. The van der Waals surface area contributed by atoms with Crippen LogP contribution in [-0.4, -0.2) is 6.29 Å². The Balaban J connectivity index is 2.19. The summed E-state index contributed by atoms with van der Waals surface area (Å²) in [7, 11) is 0. The van der Waals surface area contributed by atoms with Crippen molar-refractivity contribution in [3.8, 4) is 0 Å². The zero-order chi connectivity index (χ0) is 6.27. The Hall–Kier alpha value is -0.590. The molecule has 0 N–H and O–H groups in total. The predicted molar refractivity (Wildman–Crippen MR) is 34.9 cm³/mol. The summed E-state index contributed by atoms with van der Waals surface area (Å²) in [4.78, 5) is 10.4. The minimum atomic E-state index is 0.361. The maximum atomic E-state index is 10.4. The number of carbonyl (C=O) groups excluding carboxylic acids is 1. The molecule has 0 aromatic rings. The van der Waals surface area contributed by atoms with Gasteiger partial charge in [-0.1, -0.05) is 12.2 Å². The summed E-state index contributed by atoms with van der Waals surface area (Å²) < 4.78 is 0. The van der Waals surface area contributed by atoms with E-state index in [0.29, 0.717) is 11.8 Å². The lowest BCUT2D eigenvalue weighted by molar-refractivity contribution is -0.111. The first-order valence-corrected chi connectivity index (χ1v) is 3.54. The Labute approximate surface area is 54.8 Å². The topological polar surface area (TPSA) is 17.1 Å². The summed E-state index contributed by atoms with van der Waals surface area (Å²) in [5, 5.41) is 0. The third kappa shape index (κ3) is 0.640. The molecule has 2 bridgehead atoms. The van der Waals surface area contributed by atoms with Crippen molar-refractivity contribution in [2.24, 2.45) is 17.8 Å². The molecule has 2 aliphatic carbocycles. The van der Waals surface area contributed by atoms with Gasteiger partial charge in [0.25, 0.3) is 0 Å². The third-order valence-electron chi connectivity index (χ3n) is 2.51. The molecule has 1 saturated carbocycles. The second-order valence-electron chi connectivity index (χ2n) is 3.08. The fourth-order valence-corrected chi connectivity index (χ4v) is 1.98. The second kappa shape index (κ2) is 1.69. The van der Waals surface area contributed by atoms with E-state index in [-0.39, 0.29) is 0 Å². The lowest BCUT2D eigenvalue weighted by Crippen LogP contribution is -2.07. The third-order valence-corrected chi connectivity index (χ3v) is 2.51. The molecule has 0 saturated heterocycles. The van der Waals surface area contributed by atoms with Crippen LogP contribution in [0.3, 0.4) is 0 Å². The SMILES string of the molecule is O=CC1C[C@@H]2C=C[C@H]1C2. The van der Waals surface area contributed by atoms with Crippen molar-refractivity contribution in [3.05, 3.63) is 12.2 Å². The monoisotopic (exact) mass is 122 g/mol. The number of allylic oxidation sites excluding steroid dienone is 2. The van der Waals surface area contributed by atoms with Gasteiger partial charge in [0, 0.05) is 5.92 Å². The molecule has 0 radical (unpaired) electrons. The average molecular weight is 122 g/mol. The Morgan fingerprint density at radius 3 is 2.56 bits per heavy atom. The predicted octanol–water partition coefficient (Wildman–Crippen LogP) is 1.40. The molecule has 0 aromatic carbocycles. The molecule has 0 amide bonds. The highest BCUT2D eigenvalue weighted by molar-refractivity contribution is 5.56. The van der Waals surface area contributed by atoms with Crippen LogP contribution in [-0.2, 0) is 4.79 Å². The lowest BCUT2D eigenvalue weighted by Gasteiger charge is -2.08. The van der Waals surface area contributed by atoms with Crippen LogP contribution < -0.4 is 0 Å². The van der Waals surface area contributed by atoms with Crippen molar-refractivity contribution in [2.45, 2.75) is 12.8 Å². The van der Waals surface area contributed by atoms with Gasteiger partial charge in [-0.25, -0.2) is 0 Å². The van der Waals surface area contributed by atoms with Crippen molar-refractivity contribution in [3.63, 3.8) is 0 Å². The van der Waals surface area contributed by atoms with E-state index in [0.717, 1.165) is 18.6 Å². The van der Waals surface area contributed by atoms with Gasteiger partial charge in [-0.05, 0) is 24.7 Å². The maximum Gasteiger partial charge on any atom is 0.123 e. The van der Waals surface area contributed by atoms with E-state index >= 15 is 0 Å². The molecule has 0 aliphatic heterocycles. The van der Waals surface area contributed by atoms with Crippen LogP contribution >= 0.6 is 0 Å². The molecule has 3 atom stereocenters. The minimum Gasteiger partial charge on any atom is -0.303 e. The number of hydrogen-bond acceptors (Lipinski definition) is 1. The van der Waals surface area contributed by atoms with E-state index in [1.54, 1.807) is 0 Å². The highest BCUT2D eigenvalue weighted by Crippen LogP contribution is 2.42. The zero-order valence-electron chi connectivity index (χ0n) is 5.29. The molecule has 2 rings (SSSR count). The van der Waals surface area contributed by atoms with Crippen LogP contribution in [0.5, 0.6) is 0 Å². The Kier molecular flexibility index (Phi) is 0.981. The Morgan fingerprint density at radius 1 is 1.33 bits per heavy atom. The molecule has 0 aromatic heterocycles. The summed E-state index contributed by atoms with van der Waals surface area (Å²) in [6, 6.07) is 0. The van der Waals surface area contributed by atoms with Gasteiger partial charge < -0.3 is 4.79 Å². The highest BCUT2D eigenvalue weighted by Gasteiger charge is 2.34. The fourth-order valence-electron chi connectivity index (χ4n) is 1.98. The standard InChI is InChI=1S/C8H10O/c9-5-8-4-6-1-2-7(8)3-6/h1-2,5-8H,3-4H2/t6-,7+,8?/m1/s1. The van der Waals surface area contributed by atoms with Crippen molar-refractivity contribution >= 4 is 6.29 Å². The van der Waals surface area contributed by atoms with Crippen LogP contribution in [0, 0.1) is 17.8 Å². The Morgan fingerprint density at radius 2 is 2.22 bits per heavy atom. The first-order chi connectivity index (χ1) is 4.40. The van der Waals surface area contributed by atoms with Gasteiger partial charge in [0.15, 0.2) is 0 Å². The van der Waals surface area contributed by atoms with Crippen LogP contribution in [0.25, 0.3) is 0 Å². The summed E-state index contributed by atoms with van der Waals surface area (Å²) in [5.74, 6) is 1.71. The van der Waals surface area contributed by atoms with E-state index in [2.05, 4.69) is 12.2 Å². The quantitative estimate of drug-likeness (QED) is 0.379. The van der Waals surface area contributed by atoms with Crippen LogP contribution in [0.4, 0.5) is 0 Å². The van der Waals surface area contributed by atoms with Gasteiger partial charge in [0.2, 0.25) is 0 Å². The number of carbonyl (C=O) groups is 1. The molecule has 1 heteroatoms.